The molecule has 1 amide bonds. The summed E-state index contributed by atoms with van der Waals surface area (Å²) in [6.07, 6.45) is -0.00919. The van der Waals surface area contributed by atoms with Gasteiger partial charge in [0.05, 0.1) is 23.0 Å². The first-order valence-corrected chi connectivity index (χ1v) is 10.4. The maximum Gasteiger partial charge on any atom is 0.308 e. The third-order valence-electron chi connectivity index (χ3n) is 4.63. The molecule has 3 aromatic carbocycles. The van der Waals surface area contributed by atoms with E-state index in [1.807, 2.05) is 61.5 Å². The number of benzene rings is 3. The Hall–Kier alpha value is -3.31. The molecule has 0 aliphatic carbocycles. The quantitative estimate of drug-likeness (QED) is 0.372. The molecule has 0 bridgehead atoms. The minimum atomic E-state index is -0.546. The summed E-state index contributed by atoms with van der Waals surface area (Å²) >= 11 is 6.13. The maximum atomic E-state index is 12.7. The van der Waals surface area contributed by atoms with Gasteiger partial charge in [-0.25, -0.2) is 0 Å². The van der Waals surface area contributed by atoms with Gasteiger partial charge in [0, 0.05) is 0 Å². The molecular weight excluding hydrogens is 414 g/mol. The van der Waals surface area contributed by atoms with Crippen molar-refractivity contribution in [1.82, 2.24) is 5.32 Å². The van der Waals surface area contributed by atoms with Crippen LogP contribution in [0.1, 0.15) is 33.9 Å². The van der Waals surface area contributed by atoms with Crippen LogP contribution < -0.4 is 10.1 Å². The Balaban J connectivity index is 1.56. The predicted molar refractivity (Wildman–Crippen MR) is 120 cm³/mol. The van der Waals surface area contributed by atoms with Crippen LogP contribution >= 0.6 is 11.6 Å². The molecule has 0 aliphatic heterocycles. The number of ether oxygens (including phenoxy) is 2. The van der Waals surface area contributed by atoms with E-state index in [1.54, 1.807) is 24.3 Å². The zero-order chi connectivity index (χ0) is 22.1. The molecule has 1 atom stereocenters. The van der Waals surface area contributed by atoms with E-state index in [0.29, 0.717) is 10.6 Å². The first-order chi connectivity index (χ1) is 15.0. The first-order valence-electron chi connectivity index (χ1n) is 9.98. The van der Waals surface area contributed by atoms with Gasteiger partial charge in [0.25, 0.3) is 5.91 Å². The lowest BCUT2D eigenvalue weighted by Gasteiger charge is -2.19. The fourth-order valence-corrected chi connectivity index (χ4v) is 3.22. The van der Waals surface area contributed by atoms with Gasteiger partial charge in [-0.1, -0.05) is 71.8 Å². The van der Waals surface area contributed by atoms with Crippen LogP contribution in [0.4, 0.5) is 0 Å². The fourth-order valence-electron chi connectivity index (χ4n) is 2.99. The smallest absolute Gasteiger partial charge is 0.308 e. The third-order valence-corrected chi connectivity index (χ3v) is 4.96. The van der Waals surface area contributed by atoms with Crippen molar-refractivity contribution in [2.24, 2.45) is 0 Å². The molecule has 0 aromatic heterocycles. The number of hydrogen-bond acceptors (Lipinski definition) is 4. The summed E-state index contributed by atoms with van der Waals surface area (Å²) in [6, 6.07) is 23.2. The minimum absolute atomic E-state index is 0.00919. The molecule has 0 heterocycles. The molecule has 0 fully saturated rings. The number of rotatable bonds is 9. The molecular formula is C25H24ClNO4. The summed E-state index contributed by atoms with van der Waals surface area (Å²) in [5, 5.41) is 3.24. The van der Waals surface area contributed by atoms with Crippen molar-refractivity contribution in [1.29, 1.82) is 0 Å². The predicted octanol–water partition coefficient (Wildman–Crippen LogP) is 5.13. The van der Waals surface area contributed by atoms with Gasteiger partial charge < -0.3 is 14.8 Å². The lowest BCUT2D eigenvalue weighted by molar-refractivity contribution is -0.144. The molecule has 3 aromatic rings. The van der Waals surface area contributed by atoms with Crippen molar-refractivity contribution in [2.75, 3.05) is 13.2 Å². The Kier molecular flexibility index (Phi) is 8.07. The van der Waals surface area contributed by atoms with Crippen LogP contribution in [0.25, 0.3) is 0 Å². The highest BCUT2D eigenvalue weighted by atomic mass is 35.5. The number of halogens is 1. The fraction of sp³-hybridized carbons (Fsp3) is 0.200. The van der Waals surface area contributed by atoms with Crippen LogP contribution in [0.15, 0.2) is 78.9 Å². The van der Waals surface area contributed by atoms with Crippen LogP contribution in [0.3, 0.4) is 0 Å². The number of amides is 1. The summed E-state index contributed by atoms with van der Waals surface area (Å²) in [5.74, 6) is -0.0633. The third kappa shape index (κ3) is 6.86. The van der Waals surface area contributed by atoms with Gasteiger partial charge >= 0.3 is 5.97 Å². The summed E-state index contributed by atoms with van der Waals surface area (Å²) < 4.78 is 10.9. The number of carbonyl (C=O) groups excluding carboxylic acids is 2. The maximum absolute atomic E-state index is 12.7. The number of aryl methyl sites for hydroxylation is 1. The zero-order valence-corrected chi connectivity index (χ0v) is 18.0. The van der Waals surface area contributed by atoms with Gasteiger partial charge in [0.1, 0.15) is 19.0 Å². The van der Waals surface area contributed by atoms with E-state index in [0.717, 1.165) is 16.9 Å². The van der Waals surface area contributed by atoms with Crippen LogP contribution in [0.5, 0.6) is 5.75 Å². The molecule has 1 N–H and O–H groups in total. The van der Waals surface area contributed by atoms with E-state index in [9.17, 15) is 9.59 Å². The molecule has 0 saturated carbocycles. The largest absolute Gasteiger partial charge is 0.490 e. The summed E-state index contributed by atoms with van der Waals surface area (Å²) in [7, 11) is 0. The average molecular weight is 438 g/mol. The van der Waals surface area contributed by atoms with Crippen molar-refractivity contribution in [3.63, 3.8) is 0 Å². The van der Waals surface area contributed by atoms with Crippen molar-refractivity contribution in [3.05, 3.63) is 101 Å². The van der Waals surface area contributed by atoms with E-state index >= 15 is 0 Å². The molecule has 31 heavy (non-hydrogen) atoms. The van der Waals surface area contributed by atoms with Gasteiger partial charge in [-0.05, 0) is 36.8 Å². The molecule has 0 unspecified atom stereocenters. The number of nitrogens with one attached hydrogen (secondary N) is 1. The Labute approximate surface area is 187 Å². The van der Waals surface area contributed by atoms with Crippen LogP contribution in [0, 0.1) is 6.92 Å². The van der Waals surface area contributed by atoms with Gasteiger partial charge in [0.2, 0.25) is 0 Å². The van der Waals surface area contributed by atoms with Crippen molar-refractivity contribution >= 4 is 23.5 Å². The van der Waals surface area contributed by atoms with E-state index in [1.165, 1.54) is 0 Å². The molecule has 0 aliphatic rings. The van der Waals surface area contributed by atoms with Crippen LogP contribution in [-0.2, 0) is 9.53 Å². The van der Waals surface area contributed by atoms with Gasteiger partial charge in [-0.2, -0.15) is 0 Å². The van der Waals surface area contributed by atoms with Crippen LogP contribution in [-0.4, -0.2) is 25.1 Å². The van der Waals surface area contributed by atoms with Crippen molar-refractivity contribution in [3.8, 4) is 5.75 Å². The summed E-state index contributed by atoms with van der Waals surface area (Å²) in [4.78, 5) is 25.1. The zero-order valence-electron chi connectivity index (χ0n) is 17.2. The topological polar surface area (TPSA) is 64.6 Å². The lowest BCUT2D eigenvalue weighted by Crippen LogP contribution is -2.31. The first kappa shape index (κ1) is 22.4. The molecule has 0 radical (unpaired) electrons. The molecule has 5 nitrogen and oxygen atoms in total. The Bertz CT molecular complexity index is 1010. The summed E-state index contributed by atoms with van der Waals surface area (Å²) in [5.41, 5.74) is 2.30. The van der Waals surface area contributed by atoms with Crippen LogP contribution in [0.2, 0.25) is 5.02 Å². The molecule has 3 rings (SSSR count). The van der Waals surface area contributed by atoms with Gasteiger partial charge in [0.15, 0.2) is 0 Å². The standard InChI is InChI=1S/C25H24ClNO4/c1-18-11-13-20(14-12-18)30-15-16-31-24(28)17-23(19-7-3-2-4-8-19)27-25(29)21-9-5-6-10-22(21)26/h2-14,23H,15-17H2,1H3,(H,27,29)/t23-/m1/s1. The van der Waals surface area contributed by atoms with E-state index in [4.69, 9.17) is 21.1 Å². The second-order valence-corrected chi connectivity index (χ2v) is 7.41. The Morgan fingerprint density at radius 2 is 1.58 bits per heavy atom. The highest BCUT2D eigenvalue weighted by Crippen LogP contribution is 2.21. The number of esters is 1. The number of hydrogen-bond donors (Lipinski definition) is 1. The lowest BCUT2D eigenvalue weighted by atomic mass is 10.0. The highest BCUT2D eigenvalue weighted by Gasteiger charge is 2.21. The number of carbonyl (C=O) groups is 2. The van der Waals surface area contributed by atoms with Crippen molar-refractivity contribution in [2.45, 2.75) is 19.4 Å². The second-order valence-electron chi connectivity index (χ2n) is 7.00. The summed E-state index contributed by atoms with van der Waals surface area (Å²) in [6.45, 7) is 2.36. The normalized spacial score (nSPS) is 11.4. The molecule has 0 spiro atoms. The highest BCUT2D eigenvalue weighted by molar-refractivity contribution is 6.33. The molecule has 160 valence electrons. The molecule has 0 saturated heterocycles. The van der Waals surface area contributed by atoms with Gasteiger partial charge in [-0.3, -0.25) is 9.59 Å². The van der Waals surface area contributed by atoms with E-state index in [-0.39, 0.29) is 25.5 Å². The van der Waals surface area contributed by atoms with Crippen molar-refractivity contribution < 1.29 is 19.1 Å². The minimum Gasteiger partial charge on any atom is -0.490 e. The van der Waals surface area contributed by atoms with Gasteiger partial charge in [-0.15, -0.1) is 0 Å². The second kappa shape index (κ2) is 11.2. The molecule has 6 heteroatoms. The average Bonchev–Trinajstić information content (AvgIpc) is 2.78. The van der Waals surface area contributed by atoms with E-state index < -0.39 is 12.0 Å². The Morgan fingerprint density at radius 1 is 0.903 bits per heavy atom. The monoisotopic (exact) mass is 437 g/mol. The Morgan fingerprint density at radius 3 is 2.29 bits per heavy atom. The SMILES string of the molecule is Cc1ccc(OCCOC(=O)C[C@@H](NC(=O)c2ccccc2Cl)c2ccccc2)cc1. The van der Waals surface area contributed by atoms with E-state index in [2.05, 4.69) is 5.32 Å².